The molecule has 0 saturated heterocycles. The van der Waals surface area contributed by atoms with Gasteiger partial charge in [-0.25, -0.2) is 4.98 Å². The maximum atomic E-state index is 12.8. The van der Waals surface area contributed by atoms with Crippen LogP contribution < -0.4 is 0 Å². The Balaban J connectivity index is 1.56. The van der Waals surface area contributed by atoms with Crippen LogP contribution in [0.4, 0.5) is 0 Å². The van der Waals surface area contributed by atoms with Gasteiger partial charge in [-0.1, -0.05) is 35.9 Å². The second kappa shape index (κ2) is 6.93. The van der Waals surface area contributed by atoms with Crippen LogP contribution in [0.2, 0.25) is 5.02 Å². The first-order chi connectivity index (χ1) is 13.0. The van der Waals surface area contributed by atoms with Crippen molar-refractivity contribution in [3.8, 4) is 11.3 Å². The quantitative estimate of drug-likeness (QED) is 0.513. The van der Waals surface area contributed by atoms with Crippen LogP contribution in [0.5, 0.6) is 0 Å². The molecule has 0 fully saturated rings. The van der Waals surface area contributed by atoms with Gasteiger partial charge in [-0.15, -0.1) is 0 Å². The summed E-state index contributed by atoms with van der Waals surface area (Å²) in [5.41, 5.74) is 2.71. The lowest BCUT2D eigenvalue weighted by Gasteiger charge is -2.15. The number of benzene rings is 2. The molecule has 136 valence electrons. The van der Waals surface area contributed by atoms with E-state index in [-0.39, 0.29) is 11.7 Å². The van der Waals surface area contributed by atoms with Crippen LogP contribution in [-0.4, -0.2) is 27.4 Å². The van der Waals surface area contributed by atoms with Gasteiger partial charge in [0.1, 0.15) is 11.6 Å². The van der Waals surface area contributed by atoms with Crippen molar-refractivity contribution in [1.82, 2.24) is 14.5 Å². The zero-order chi connectivity index (χ0) is 19.0. The zero-order valence-corrected chi connectivity index (χ0v) is 15.8. The molecule has 0 aliphatic heterocycles. The highest BCUT2D eigenvalue weighted by molar-refractivity contribution is 6.33. The average Bonchev–Trinajstić information content (AvgIpc) is 3.27. The molecule has 0 aliphatic rings. The number of furan rings is 1. The molecule has 0 radical (unpaired) electrons. The largest absolute Gasteiger partial charge is 0.451 e. The number of hydrogen-bond acceptors (Lipinski definition) is 3. The molecule has 2 aromatic heterocycles. The molecular formula is C21H18ClN3O2. The number of fused-ring (bicyclic) bond motifs is 1. The molecule has 0 atom stereocenters. The number of nitrogens with zero attached hydrogens (tertiary/aromatic N) is 3. The highest BCUT2D eigenvalue weighted by Gasteiger charge is 2.19. The summed E-state index contributed by atoms with van der Waals surface area (Å²) in [5.74, 6) is 1.44. The number of carbonyl (C=O) groups excluding carboxylic acids is 1. The number of aromatic nitrogens is 2. The summed E-state index contributed by atoms with van der Waals surface area (Å²) in [4.78, 5) is 19.0. The molecule has 6 heteroatoms. The lowest BCUT2D eigenvalue weighted by atomic mass is 10.2. The number of amides is 1. The van der Waals surface area contributed by atoms with Gasteiger partial charge in [-0.2, -0.15) is 0 Å². The van der Waals surface area contributed by atoms with E-state index >= 15 is 0 Å². The molecule has 4 aromatic rings. The van der Waals surface area contributed by atoms with Crippen molar-refractivity contribution in [3.63, 3.8) is 0 Å². The zero-order valence-electron chi connectivity index (χ0n) is 15.0. The summed E-state index contributed by atoms with van der Waals surface area (Å²) in [7, 11) is 3.69. The highest BCUT2D eigenvalue weighted by atomic mass is 35.5. The van der Waals surface area contributed by atoms with Crippen molar-refractivity contribution in [2.24, 2.45) is 7.05 Å². The van der Waals surface area contributed by atoms with Crippen molar-refractivity contribution in [3.05, 3.63) is 77.3 Å². The second-order valence-electron chi connectivity index (χ2n) is 6.38. The number of hydrogen-bond donors (Lipinski definition) is 0. The predicted octanol–water partition coefficient (Wildman–Crippen LogP) is 4.76. The average molecular weight is 380 g/mol. The maximum absolute atomic E-state index is 12.8. The molecule has 5 nitrogen and oxygen atoms in total. The van der Waals surface area contributed by atoms with E-state index in [1.54, 1.807) is 30.1 Å². The van der Waals surface area contributed by atoms with E-state index in [4.69, 9.17) is 16.0 Å². The third-order valence-corrected chi connectivity index (χ3v) is 4.89. The second-order valence-corrected chi connectivity index (χ2v) is 6.79. The molecule has 0 unspecified atom stereocenters. The first-order valence-electron chi connectivity index (χ1n) is 8.55. The molecule has 0 bridgehead atoms. The van der Waals surface area contributed by atoms with Gasteiger partial charge < -0.3 is 13.9 Å². The predicted molar refractivity (Wildman–Crippen MR) is 106 cm³/mol. The van der Waals surface area contributed by atoms with Gasteiger partial charge >= 0.3 is 0 Å². The standard InChI is InChI=1S/C21H18ClN3O2/c1-24(13-20-23-16-9-5-6-10-17(16)25(20)2)21(26)19-12-11-18(27-19)14-7-3-4-8-15(14)22/h3-12H,13H2,1-2H3. The molecular weight excluding hydrogens is 362 g/mol. The number of para-hydroxylation sites is 2. The summed E-state index contributed by atoms with van der Waals surface area (Å²) >= 11 is 6.21. The Morgan fingerprint density at radius 3 is 2.63 bits per heavy atom. The Bertz CT molecular complexity index is 1130. The molecule has 1 amide bonds. The minimum Gasteiger partial charge on any atom is -0.451 e. The van der Waals surface area contributed by atoms with Gasteiger partial charge in [-0.05, 0) is 36.4 Å². The van der Waals surface area contributed by atoms with Crippen molar-refractivity contribution in [2.45, 2.75) is 6.54 Å². The van der Waals surface area contributed by atoms with Crippen LogP contribution in [0, 0.1) is 0 Å². The van der Waals surface area contributed by atoms with Crippen LogP contribution in [0.1, 0.15) is 16.4 Å². The SMILES string of the molecule is CN(Cc1nc2ccccc2n1C)C(=O)c1ccc(-c2ccccc2Cl)o1. The van der Waals surface area contributed by atoms with Crippen LogP contribution in [0.25, 0.3) is 22.4 Å². The van der Waals surface area contributed by atoms with Gasteiger partial charge in [-0.3, -0.25) is 4.79 Å². The summed E-state index contributed by atoms with van der Waals surface area (Å²) in [6.45, 7) is 0.381. The molecule has 0 spiro atoms. The Labute approximate surface area is 161 Å². The molecule has 27 heavy (non-hydrogen) atoms. The first kappa shape index (κ1) is 17.4. The van der Waals surface area contributed by atoms with Gasteiger partial charge in [0.25, 0.3) is 5.91 Å². The monoisotopic (exact) mass is 379 g/mol. The van der Waals surface area contributed by atoms with Gasteiger partial charge in [0.05, 0.1) is 22.6 Å². The normalized spacial score (nSPS) is 11.1. The number of carbonyl (C=O) groups is 1. The van der Waals surface area contributed by atoms with E-state index < -0.39 is 0 Å². The van der Waals surface area contributed by atoms with Crippen LogP contribution in [0.3, 0.4) is 0 Å². The molecule has 2 aromatic carbocycles. The fraction of sp³-hybridized carbons (Fsp3) is 0.143. The molecule has 0 saturated carbocycles. The minimum absolute atomic E-state index is 0.208. The van der Waals surface area contributed by atoms with Crippen LogP contribution in [-0.2, 0) is 13.6 Å². The van der Waals surface area contributed by atoms with E-state index in [9.17, 15) is 4.79 Å². The molecule has 0 aliphatic carbocycles. The lowest BCUT2D eigenvalue weighted by molar-refractivity contribution is 0.0750. The minimum atomic E-state index is -0.208. The lowest BCUT2D eigenvalue weighted by Crippen LogP contribution is -2.27. The third-order valence-electron chi connectivity index (χ3n) is 4.56. The fourth-order valence-corrected chi connectivity index (χ4v) is 3.30. The van der Waals surface area contributed by atoms with E-state index in [2.05, 4.69) is 4.98 Å². The Morgan fingerprint density at radius 2 is 1.85 bits per heavy atom. The van der Waals surface area contributed by atoms with Crippen molar-refractivity contribution in [1.29, 1.82) is 0 Å². The van der Waals surface area contributed by atoms with Gasteiger partial charge in [0.2, 0.25) is 0 Å². The molecule has 2 heterocycles. The van der Waals surface area contributed by atoms with E-state index in [1.807, 2.05) is 54.1 Å². The smallest absolute Gasteiger partial charge is 0.289 e. The van der Waals surface area contributed by atoms with E-state index in [1.165, 1.54) is 0 Å². The van der Waals surface area contributed by atoms with Crippen molar-refractivity contribution in [2.75, 3.05) is 7.05 Å². The number of imidazole rings is 1. The summed E-state index contributed by atoms with van der Waals surface area (Å²) in [5, 5.41) is 0.582. The van der Waals surface area contributed by atoms with Crippen molar-refractivity contribution >= 4 is 28.5 Å². The van der Waals surface area contributed by atoms with Crippen LogP contribution >= 0.6 is 11.6 Å². The summed E-state index contributed by atoms with van der Waals surface area (Å²) in [6, 6.07) is 18.7. The fourth-order valence-electron chi connectivity index (χ4n) is 3.07. The first-order valence-corrected chi connectivity index (χ1v) is 8.93. The van der Waals surface area contributed by atoms with Gasteiger partial charge in [0.15, 0.2) is 5.76 Å². The Hall–Kier alpha value is -3.05. The topological polar surface area (TPSA) is 51.3 Å². The van der Waals surface area contributed by atoms with Gasteiger partial charge in [0, 0.05) is 19.7 Å². The van der Waals surface area contributed by atoms with Crippen LogP contribution in [0.15, 0.2) is 65.1 Å². The van der Waals surface area contributed by atoms with E-state index in [0.717, 1.165) is 22.4 Å². The number of aryl methyl sites for hydroxylation is 1. The molecule has 4 rings (SSSR count). The molecule has 0 N–H and O–H groups in total. The maximum Gasteiger partial charge on any atom is 0.289 e. The Kier molecular flexibility index (Phi) is 4.46. The number of rotatable bonds is 4. The summed E-state index contributed by atoms with van der Waals surface area (Å²) in [6.07, 6.45) is 0. The summed E-state index contributed by atoms with van der Waals surface area (Å²) < 4.78 is 7.75. The third kappa shape index (κ3) is 3.22. The van der Waals surface area contributed by atoms with Crippen molar-refractivity contribution < 1.29 is 9.21 Å². The number of halogens is 1. The Morgan fingerprint density at radius 1 is 1.11 bits per heavy atom. The highest BCUT2D eigenvalue weighted by Crippen LogP contribution is 2.29. The van der Waals surface area contributed by atoms with E-state index in [0.29, 0.717) is 17.3 Å².